The first-order chi connectivity index (χ1) is 16.0. The third kappa shape index (κ3) is 5.64. The molecule has 0 saturated carbocycles. The standard InChI is InChI=1S/C21H28N4O6.C2H6/c1-12(2)29-11-17-15(27-3)9-18(31-17)25-10-16-20(24-21(25)26)23-19-13(28-8-7-22)5-4-6-14(19)30-16;1-2/h4-6,10,12,15,17-18H,7-9,11,22H2,1-3H3,(H,23,24,26);1-2H3/t15-,17?,18-;/m1./s1. The van der Waals surface area contributed by atoms with Crippen molar-refractivity contribution in [1.82, 2.24) is 9.55 Å². The molecule has 10 nitrogen and oxygen atoms in total. The minimum atomic E-state index is -0.528. The zero-order chi connectivity index (χ0) is 24.0. The Balaban J connectivity index is 0.00000149. The van der Waals surface area contributed by atoms with Gasteiger partial charge in [-0.05, 0) is 26.0 Å². The molecule has 0 spiro atoms. The van der Waals surface area contributed by atoms with Crippen LogP contribution in [0.4, 0.5) is 11.5 Å². The lowest BCUT2D eigenvalue weighted by Gasteiger charge is -2.24. The van der Waals surface area contributed by atoms with Gasteiger partial charge in [-0.15, -0.1) is 0 Å². The summed E-state index contributed by atoms with van der Waals surface area (Å²) in [5.41, 5.74) is 5.68. The molecule has 3 N–H and O–H groups in total. The molecule has 2 aromatic rings. The lowest BCUT2D eigenvalue weighted by molar-refractivity contribution is -0.0806. The Kier molecular flexibility index (Phi) is 8.67. The Bertz CT molecular complexity index is 980. The van der Waals surface area contributed by atoms with Gasteiger partial charge in [0, 0.05) is 20.1 Å². The van der Waals surface area contributed by atoms with Crippen molar-refractivity contribution < 1.29 is 23.7 Å². The molecule has 1 aromatic carbocycles. The Hall–Kier alpha value is -2.66. The minimum Gasteiger partial charge on any atom is -0.490 e. The van der Waals surface area contributed by atoms with E-state index in [1.54, 1.807) is 19.4 Å². The topological polar surface area (TPSA) is 119 Å². The fraction of sp³-hybridized carbons (Fsp3) is 0.565. The van der Waals surface area contributed by atoms with Crippen LogP contribution in [0, 0.1) is 0 Å². The van der Waals surface area contributed by atoms with Crippen LogP contribution in [0.25, 0.3) is 0 Å². The molecule has 33 heavy (non-hydrogen) atoms. The molecule has 1 unspecified atom stereocenters. The molecule has 1 fully saturated rings. The average Bonchev–Trinajstić information content (AvgIpc) is 3.24. The SMILES string of the molecule is CC.CO[C@@H]1C[C@H](n2cc3c(nc2=O)Nc2c(OCCN)cccc2O3)OC1COC(C)C. The Morgan fingerprint density at radius 3 is 2.79 bits per heavy atom. The van der Waals surface area contributed by atoms with Gasteiger partial charge in [0.1, 0.15) is 30.4 Å². The highest BCUT2D eigenvalue weighted by molar-refractivity contribution is 5.77. The molecule has 3 atom stereocenters. The first kappa shape index (κ1) is 25.0. The molecule has 182 valence electrons. The van der Waals surface area contributed by atoms with Gasteiger partial charge in [0.25, 0.3) is 0 Å². The second kappa shape index (κ2) is 11.5. The van der Waals surface area contributed by atoms with Crippen LogP contribution in [0.2, 0.25) is 0 Å². The molecule has 0 aliphatic carbocycles. The molecular weight excluding hydrogens is 428 g/mol. The Morgan fingerprint density at radius 1 is 1.30 bits per heavy atom. The Labute approximate surface area is 193 Å². The summed E-state index contributed by atoms with van der Waals surface area (Å²) in [6.45, 7) is 9.05. The molecule has 1 saturated heterocycles. The number of nitrogens with zero attached hydrogens (tertiary/aromatic N) is 2. The fourth-order valence-electron chi connectivity index (χ4n) is 3.62. The number of ether oxygens (including phenoxy) is 5. The first-order valence-electron chi connectivity index (χ1n) is 11.3. The fourth-order valence-corrected chi connectivity index (χ4v) is 3.62. The summed E-state index contributed by atoms with van der Waals surface area (Å²) < 4.78 is 30.4. The van der Waals surface area contributed by atoms with Gasteiger partial charge in [-0.1, -0.05) is 19.9 Å². The summed E-state index contributed by atoms with van der Waals surface area (Å²) >= 11 is 0. The third-order valence-electron chi connectivity index (χ3n) is 5.13. The van der Waals surface area contributed by atoms with Gasteiger partial charge in [-0.3, -0.25) is 4.57 Å². The van der Waals surface area contributed by atoms with E-state index in [1.807, 2.05) is 39.8 Å². The maximum absolute atomic E-state index is 12.8. The normalized spacial score (nSPS) is 20.8. The molecule has 4 rings (SSSR count). The van der Waals surface area contributed by atoms with E-state index in [-0.39, 0.29) is 18.3 Å². The number of rotatable bonds is 8. The summed E-state index contributed by atoms with van der Waals surface area (Å²) in [5.74, 6) is 1.88. The van der Waals surface area contributed by atoms with E-state index < -0.39 is 11.9 Å². The van der Waals surface area contributed by atoms with Gasteiger partial charge in [-0.2, -0.15) is 4.98 Å². The van der Waals surface area contributed by atoms with E-state index in [4.69, 9.17) is 29.4 Å². The van der Waals surface area contributed by atoms with Crippen molar-refractivity contribution in [3.63, 3.8) is 0 Å². The molecule has 1 aromatic heterocycles. The van der Waals surface area contributed by atoms with Gasteiger partial charge in [0.15, 0.2) is 17.3 Å². The zero-order valence-electron chi connectivity index (χ0n) is 19.9. The molecule has 3 heterocycles. The number of para-hydroxylation sites is 1. The van der Waals surface area contributed by atoms with E-state index >= 15 is 0 Å². The van der Waals surface area contributed by atoms with Crippen molar-refractivity contribution in [3.05, 3.63) is 34.9 Å². The lowest BCUT2D eigenvalue weighted by atomic mass is 10.2. The van der Waals surface area contributed by atoms with Gasteiger partial charge in [0.2, 0.25) is 0 Å². The van der Waals surface area contributed by atoms with E-state index in [1.165, 1.54) is 4.57 Å². The van der Waals surface area contributed by atoms with Crippen molar-refractivity contribution in [1.29, 1.82) is 0 Å². The summed E-state index contributed by atoms with van der Waals surface area (Å²) in [4.78, 5) is 16.9. The second-order valence-corrected chi connectivity index (χ2v) is 7.66. The van der Waals surface area contributed by atoms with E-state index in [9.17, 15) is 4.79 Å². The predicted octanol–water partition coefficient (Wildman–Crippen LogP) is 3.18. The highest BCUT2D eigenvalue weighted by Crippen LogP contribution is 2.45. The van der Waals surface area contributed by atoms with Gasteiger partial charge in [-0.25, -0.2) is 4.79 Å². The van der Waals surface area contributed by atoms with Crippen LogP contribution < -0.4 is 26.2 Å². The van der Waals surface area contributed by atoms with E-state index in [0.717, 1.165) is 0 Å². The van der Waals surface area contributed by atoms with Crippen LogP contribution in [0.5, 0.6) is 17.2 Å². The number of hydrogen-bond donors (Lipinski definition) is 2. The minimum absolute atomic E-state index is 0.0755. The summed E-state index contributed by atoms with van der Waals surface area (Å²) in [6.07, 6.45) is 1.20. The predicted molar refractivity (Wildman–Crippen MR) is 125 cm³/mol. The first-order valence-corrected chi connectivity index (χ1v) is 11.3. The smallest absolute Gasteiger partial charge is 0.351 e. The third-order valence-corrected chi connectivity index (χ3v) is 5.13. The number of methoxy groups -OCH3 is 1. The number of nitrogens with two attached hydrogens (primary N) is 1. The van der Waals surface area contributed by atoms with Crippen LogP contribution in [0.1, 0.15) is 40.3 Å². The van der Waals surface area contributed by atoms with Crippen molar-refractivity contribution >= 4 is 11.5 Å². The lowest BCUT2D eigenvalue weighted by Crippen LogP contribution is -2.30. The van der Waals surface area contributed by atoms with Crippen LogP contribution in [-0.4, -0.2) is 54.7 Å². The quantitative estimate of drug-likeness (QED) is 0.520. The maximum Gasteiger partial charge on any atom is 0.351 e. The van der Waals surface area contributed by atoms with Crippen LogP contribution in [0.3, 0.4) is 0 Å². The van der Waals surface area contributed by atoms with Gasteiger partial charge >= 0.3 is 5.69 Å². The van der Waals surface area contributed by atoms with Crippen molar-refractivity contribution in [2.24, 2.45) is 5.73 Å². The number of aromatic nitrogens is 2. The van der Waals surface area contributed by atoms with Crippen molar-refractivity contribution in [2.45, 2.75) is 58.7 Å². The monoisotopic (exact) mass is 462 g/mol. The largest absolute Gasteiger partial charge is 0.490 e. The van der Waals surface area contributed by atoms with Gasteiger partial charge < -0.3 is 34.7 Å². The van der Waals surface area contributed by atoms with Crippen LogP contribution in [0.15, 0.2) is 29.2 Å². The molecule has 10 heteroatoms. The van der Waals surface area contributed by atoms with Crippen molar-refractivity contribution in [3.8, 4) is 17.2 Å². The summed E-state index contributed by atoms with van der Waals surface area (Å²) in [6, 6.07) is 5.43. The number of hydrogen-bond acceptors (Lipinski definition) is 9. The van der Waals surface area contributed by atoms with Crippen molar-refractivity contribution in [2.75, 3.05) is 32.2 Å². The molecule has 0 radical (unpaired) electrons. The highest BCUT2D eigenvalue weighted by Gasteiger charge is 2.38. The second-order valence-electron chi connectivity index (χ2n) is 7.66. The number of nitrogens with one attached hydrogen (secondary N) is 1. The number of benzene rings is 1. The summed E-state index contributed by atoms with van der Waals surface area (Å²) in [5, 5.41) is 3.14. The number of fused-ring (bicyclic) bond motifs is 2. The van der Waals surface area contributed by atoms with Gasteiger partial charge in [0.05, 0.1) is 25.0 Å². The van der Waals surface area contributed by atoms with Crippen LogP contribution in [-0.2, 0) is 14.2 Å². The molecule has 0 bridgehead atoms. The highest BCUT2D eigenvalue weighted by atomic mass is 16.6. The van der Waals surface area contributed by atoms with E-state index in [0.29, 0.717) is 54.9 Å². The van der Waals surface area contributed by atoms with Crippen LogP contribution >= 0.6 is 0 Å². The molecular formula is C23H34N4O6. The zero-order valence-corrected chi connectivity index (χ0v) is 19.9. The average molecular weight is 463 g/mol. The summed E-state index contributed by atoms with van der Waals surface area (Å²) in [7, 11) is 1.63. The maximum atomic E-state index is 12.8. The molecule has 2 aliphatic heterocycles. The molecule has 2 aliphatic rings. The Morgan fingerprint density at radius 2 is 2.09 bits per heavy atom. The molecule has 0 amide bonds. The van der Waals surface area contributed by atoms with E-state index in [2.05, 4.69) is 10.3 Å². The number of anilines is 2.